The van der Waals surface area contributed by atoms with Gasteiger partial charge < -0.3 is 5.32 Å². The smallest absolute Gasteiger partial charge is 0.259 e. The Kier molecular flexibility index (Phi) is 6.35. The van der Waals surface area contributed by atoms with Gasteiger partial charge in [0, 0.05) is 10.2 Å². The van der Waals surface area contributed by atoms with Crippen molar-refractivity contribution in [3.63, 3.8) is 0 Å². The van der Waals surface area contributed by atoms with Crippen LogP contribution in [0.4, 0.5) is 5.69 Å². The van der Waals surface area contributed by atoms with E-state index in [1.807, 2.05) is 36.4 Å². The largest absolute Gasteiger partial charge is 0.376 e. The summed E-state index contributed by atoms with van der Waals surface area (Å²) < 4.78 is 1.00. The zero-order valence-corrected chi connectivity index (χ0v) is 14.8. The number of benzene rings is 2. The van der Waals surface area contributed by atoms with Gasteiger partial charge in [-0.15, -0.1) is 0 Å². The van der Waals surface area contributed by atoms with Crippen LogP contribution in [0.1, 0.15) is 30.9 Å². The number of rotatable bonds is 6. The molecule has 0 saturated carbocycles. The lowest BCUT2D eigenvalue weighted by molar-refractivity contribution is -0.119. The molecule has 0 aromatic heterocycles. The molecule has 0 aliphatic heterocycles. The number of nitrogens with one attached hydrogen (secondary N) is 2. The van der Waals surface area contributed by atoms with Crippen LogP contribution in [0.25, 0.3) is 0 Å². The molecule has 0 bridgehead atoms. The topological polar surface area (TPSA) is 53.5 Å². The normalized spacial score (nSPS) is 11.0. The Hall–Kier alpha value is -2.14. The van der Waals surface area contributed by atoms with E-state index in [0.29, 0.717) is 5.92 Å². The molecular weight excluding hydrogens is 354 g/mol. The second kappa shape index (κ2) is 8.48. The van der Waals surface area contributed by atoms with Crippen molar-refractivity contribution in [1.29, 1.82) is 0 Å². The third-order valence-electron chi connectivity index (χ3n) is 3.30. The van der Waals surface area contributed by atoms with Gasteiger partial charge in [0.15, 0.2) is 0 Å². The minimum Gasteiger partial charge on any atom is -0.376 e. The molecule has 0 atom stereocenters. The minimum absolute atomic E-state index is 0.172. The Bertz CT molecular complexity index is 664. The molecule has 120 valence electrons. The molecule has 23 heavy (non-hydrogen) atoms. The molecule has 0 spiro atoms. The number of carbonyl (C=O) groups excluding carboxylic acids is 1. The van der Waals surface area contributed by atoms with Crippen molar-refractivity contribution in [2.24, 2.45) is 5.10 Å². The Morgan fingerprint density at radius 2 is 1.78 bits per heavy atom. The van der Waals surface area contributed by atoms with E-state index >= 15 is 0 Å². The fourth-order valence-corrected chi connectivity index (χ4v) is 2.20. The maximum Gasteiger partial charge on any atom is 0.259 e. The summed E-state index contributed by atoms with van der Waals surface area (Å²) in [5, 5.41) is 7.00. The second-order valence-electron chi connectivity index (χ2n) is 5.47. The van der Waals surface area contributed by atoms with Crippen molar-refractivity contribution in [3.8, 4) is 0 Å². The van der Waals surface area contributed by atoms with Crippen LogP contribution in [0.2, 0.25) is 0 Å². The van der Waals surface area contributed by atoms with E-state index in [-0.39, 0.29) is 12.5 Å². The predicted molar refractivity (Wildman–Crippen MR) is 98.9 cm³/mol. The van der Waals surface area contributed by atoms with Gasteiger partial charge in [-0.25, -0.2) is 5.43 Å². The lowest BCUT2D eigenvalue weighted by Gasteiger charge is -2.05. The van der Waals surface area contributed by atoms with Gasteiger partial charge in [0.1, 0.15) is 0 Å². The minimum atomic E-state index is -0.192. The fraction of sp³-hybridized carbons (Fsp3) is 0.222. The molecule has 2 aromatic carbocycles. The van der Waals surface area contributed by atoms with Crippen molar-refractivity contribution in [3.05, 3.63) is 64.1 Å². The first-order chi connectivity index (χ1) is 11.0. The van der Waals surface area contributed by atoms with Crippen molar-refractivity contribution >= 4 is 33.7 Å². The van der Waals surface area contributed by atoms with Gasteiger partial charge in [-0.3, -0.25) is 4.79 Å². The van der Waals surface area contributed by atoms with Gasteiger partial charge in [-0.1, -0.05) is 54.0 Å². The number of amides is 1. The summed E-state index contributed by atoms with van der Waals surface area (Å²) in [5.41, 5.74) is 5.63. The fourth-order valence-electron chi connectivity index (χ4n) is 1.94. The maximum absolute atomic E-state index is 11.7. The molecule has 5 heteroatoms. The Balaban J connectivity index is 1.78. The van der Waals surface area contributed by atoms with Crippen molar-refractivity contribution in [2.45, 2.75) is 19.8 Å². The number of hydrogen-bond acceptors (Lipinski definition) is 3. The van der Waals surface area contributed by atoms with E-state index in [9.17, 15) is 4.79 Å². The monoisotopic (exact) mass is 373 g/mol. The van der Waals surface area contributed by atoms with Crippen LogP contribution >= 0.6 is 15.9 Å². The quantitative estimate of drug-likeness (QED) is 0.590. The van der Waals surface area contributed by atoms with Crippen LogP contribution in [0, 0.1) is 0 Å². The van der Waals surface area contributed by atoms with E-state index in [1.54, 1.807) is 6.21 Å². The number of nitrogens with zero attached hydrogens (tertiary/aromatic N) is 1. The molecule has 0 radical (unpaired) electrons. The van der Waals surface area contributed by atoms with Crippen LogP contribution < -0.4 is 10.7 Å². The first kappa shape index (κ1) is 17.2. The van der Waals surface area contributed by atoms with E-state index < -0.39 is 0 Å². The molecule has 2 aromatic rings. The average Bonchev–Trinajstić information content (AvgIpc) is 2.55. The van der Waals surface area contributed by atoms with Gasteiger partial charge in [-0.05, 0) is 41.3 Å². The molecule has 0 saturated heterocycles. The van der Waals surface area contributed by atoms with E-state index in [2.05, 4.69) is 57.8 Å². The molecule has 0 unspecified atom stereocenters. The maximum atomic E-state index is 11.7. The third-order valence-corrected chi connectivity index (χ3v) is 3.83. The SMILES string of the molecule is CC(C)c1ccc(C=NNC(=O)CNc2ccc(Br)cc2)cc1. The number of halogens is 1. The molecular formula is C18H20BrN3O. The molecule has 0 aliphatic carbocycles. The zero-order valence-electron chi connectivity index (χ0n) is 13.2. The van der Waals surface area contributed by atoms with Gasteiger partial charge >= 0.3 is 0 Å². The highest BCUT2D eigenvalue weighted by molar-refractivity contribution is 9.10. The van der Waals surface area contributed by atoms with E-state index in [1.165, 1.54) is 5.56 Å². The van der Waals surface area contributed by atoms with Gasteiger partial charge in [0.2, 0.25) is 0 Å². The van der Waals surface area contributed by atoms with Crippen LogP contribution in [0.3, 0.4) is 0 Å². The van der Waals surface area contributed by atoms with Crippen molar-refractivity contribution in [1.82, 2.24) is 5.43 Å². The molecule has 2 N–H and O–H groups in total. The molecule has 0 fully saturated rings. The molecule has 0 heterocycles. The van der Waals surface area contributed by atoms with Gasteiger partial charge in [-0.2, -0.15) is 5.10 Å². The highest BCUT2D eigenvalue weighted by Crippen LogP contribution is 2.14. The Morgan fingerprint density at radius 1 is 1.13 bits per heavy atom. The van der Waals surface area contributed by atoms with Crippen molar-refractivity contribution in [2.75, 3.05) is 11.9 Å². The van der Waals surface area contributed by atoms with Gasteiger partial charge in [0.25, 0.3) is 5.91 Å². The first-order valence-electron chi connectivity index (χ1n) is 7.46. The van der Waals surface area contributed by atoms with Crippen molar-refractivity contribution < 1.29 is 4.79 Å². The Morgan fingerprint density at radius 3 is 2.39 bits per heavy atom. The first-order valence-corrected chi connectivity index (χ1v) is 8.25. The van der Waals surface area contributed by atoms with Gasteiger partial charge in [0.05, 0.1) is 12.8 Å². The lowest BCUT2D eigenvalue weighted by Crippen LogP contribution is -2.25. The summed E-state index contributed by atoms with van der Waals surface area (Å²) in [5.74, 6) is 0.313. The van der Waals surface area contributed by atoms with Crippen LogP contribution in [0.5, 0.6) is 0 Å². The predicted octanol–water partition coefficient (Wildman–Crippen LogP) is 4.13. The summed E-state index contributed by atoms with van der Waals surface area (Å²) in [6.45, 7) is 4.48. The number of hydrogen-bond donors (Lipinski definition) is 2. The van der Waals surface area contributed by atoms with E-state index in [4.69, 9.17) is 0 Å². The van der Waals surface area contributed by atoms with Crippen LogP contribution in [-0.4, -0.2) is 18.7 Å². The molecule has 4 nitrogen and oxygen atoms in total. The average molecular weight is 374 g/mol. The van der Waals surface area contributed by atoms with E-state index in [0.717, 1.165) is 15.7 Å². The third kappa shape index (κ3) is 5.87. The summed E-state index contributed by atoms with van der Waals surface area (Å²) in [7, 11) is 0. The summed E-state index contributed by atoms with van der Waals surface area (Å²) in [6, 6.07) is 15.8. The highest BCUT2D eigenvalue weighted by atomic mass is 79.9. The van der Waals surface area contributed by atoms with Crippen LogP contribution in [0.15, 0.2) is 58.1 Å². The highest BCUT2D eigenvalue weighted by Gasteiger charge is 2.00. The summed E-state index contributed by atoms with van der Waals surface area (Å²) >= 11 is 3.37. The molecule has 2 rings (SSSR count). The standard InChI is InChI=1S/C18H20BrN3O/c1-13(2)15-5-3-14(4-6-15)11-21-22-18(23)12-20-17-9-7-16(19)8-10-17/h3-11,13,20H,12H2,1-2H3,(H,22,23). The lowest BCUT2D eigenvalue weighted by atomic mass is 10.0. The summed E-state index contributed by atoms with van der Waals surface area (Å²) in [4.78, 5) is 11.7. The Labute approximate surface area is 145 Å². The molecule has 1 amide bonds. The second-order valence-corrected chi connectivity index (χ2v) is 6.39. The summed E-state index contributed by atoms with van der Waals surface area (Å²) in [6.07, 6.45) is 1.64. The number of hydrazone groups is 1. The number of anilines is 1. The molecule has 0 aliphatic rings. The zero-order chi connectivity index (χ0) is 16.7. The number of carbonyl (C=O) groups is 1. The van der Waals surface area contributed by atoms with Crippen LogP contribution in [-0.2, 0) is 4.79 Å².